The van der Waals surface area contributed by atoms with Crippen molar-refractivity contribution in [2.75, 3.05) is 19.8 Å². The van der Waals surface area contributed by atoms with E-state index in [1.807, 2.05) is 30.3 Å². The lowest BCUT2D eigenvalue weighted by molar-refractivity contribution is -0.275. The van der Waals surface area contributed by atoms with Gasteiger partial charge in [0, 0.05) is 11.1 Å². The van der Waals surface area contributed by atoms with Gasteiger partial charge in [0.05, 0.1) is 19.7 Å². The predicted molar refractivity (Wildman–Crippen MR) is 226 cm³/mol. The molecule has 4 aromatic heterocycles. The molecular weight excluding hydrogens is 911 g/mol. The summed E-state index contributed by atoms with van der Waals surface area (Å²) in [6, 6.07) is 24.9. The molecule has 4 aromatic carbocycles. The first kappa shape index (κ1) is 47.8. The number of ether oxygens (including phenoxy) is 4. The van der Waals surface area contributed by atoms with Gasteiger partial charge in [-0.15, -0.1) is 36.5 Å². The van der Waals surface area contributed by atoms with Gasteiger partial charge in [-0.3, -0.25) is 0 Å². The molecule has 0 spiro atoms. The highest BCUT2D eigenvalue weighted by atomic mass is 19.4. The molecule has 8 aromatic rings. The van der Waals surface area contributed by atoms with Crippen LogP contribution in [0.15, 0.2) is 119 Å². The van der Waals surface area contributed by atoms with Crippen molar-refractivity contribution in [3.8, 4) is 69.2 Å². The summed E-state index contributed by atoms with van der Waals surface area (Å²) in [7, 11) is 0. The van der Waals surface area contributed by atoms with Gasteiger partial charge in [0.2, 0.25) is 23.3 Å². The predicted octanol–water partition coefficient (Wildman–Crippen LogP) is 7.80. The second-order valence-corrected chi connectivity index (χ2v) is 14.3. The first-order valence-corrected chi connectivity index (χ1v) is 20.1. The summed E-state index contributed by atoms with van der Waals surface area (Å²) in [5.41, 5.74) is 2.69. The molecule has 68 heavy (non-hydrogen) atoms. The van der Waals surface area contributed by atoms with Crippen LogP contribution in [0.3, 0.4) is 0 Å². The third kappa shape index (κ3) is 13.3. The summed E-state index contributed by atoms with van der Waals surface area (Å²) in [5, 5.41) is 34.9. The van der Waals surface area contributed by atoms with E-state index < -0.39 is 25.4 Å². The van der Waals surface area contributed by atoms with Crippen LogP contribution in [0.4, 0.5) is 26.3 Å². The van der Waals surface area contributed by atoms with Gasteiger partial charge in [-0.05, 0) is 97.8 Å². The van der Waals surface area contributed by atoms with E-state index in [-0.39, 0.29) is 53.2 Å². The van der Waals surface area contributed by atoms with E-state index >= 15 is 0 Å². The summed E-state index contributed by atoms with van der Waals surface area (Å²) in [5.74, 6) is 2.67. The maximum absolute atomic E-state index is 12.3. The Balaban J connectivity index is 0.000000202. The van der Waals surface area contributed by atoms with Crippen molar-refractivity contribution in [3.05, 3.63) is 132 Å². The van der Waals surface area contributed by atoms with Crippen molar-refractivity contribution in [1.29, 1.82) is 0 Å². The SMILES string of the molecule is C=CCOc1cccc(Cn2nc(-c3nc(-c4ccc(OC(F)(F)F)cc4)no3)nc2C)c1.Cc1nc(-c2nc(-c3ccc(OC(F)(F)F)cc3)no2)nn1Cc1cccc(OCC(O)CO)c1. The molecule has 0 bridgehead atoms. The number of benzene rings is 4. The van der Waals surface area contributed by atoms with Crippen LogP contribution >= 0.6 is 0 Å². The third-order valence-corrected chi connectivity index (χ3v) is 9.12. The first-order valence-electron chi connectivity index (χ1n) is 20.1. The molecule has 1 unspecified atom stereocenters. The highest BCUT2D eigenvalue weighted by Crippen LogP contribution is 2.29. The fraction of sp³-hybridized carbons (Fsp3) is 0.227. The Morgan fingerprint density at radius 1 is 0.618 bits per heavy atom. The minimum Gasteiger partial charge on any atom is -0.491 e. The fourth-order valence-electron chi connectivity index (χ4n) is 6.01. The van der Waals surface area contributed by atoms with Crippen molar-refractivity contribution >= 4 is 0 Å². The van der Waals surface area contributed by atoms with Gasteiger partial charge >= 0.3 is 12.7 Å². The number of rotatable bonds is 17. The van der Waals surface area contributed by atoms with Gasteiger partial charge in [0.15, 0.2) is 0 Å². The van der Waals surface area contributed by atoms with Gasteiger partial charge in [0.1, 0.15) is 54.0 Å². The number of hydrogen-bond acceptors (Lipinski definition) is 16. The van der Waals surface area contributed by atoms with E-state index in [0.29, 0.717) is 48.2 Å². The van der Waals surface area contributed by atoms with E-state index in [1.165, 1.54) is 36.4 Å². The third-order valence-electron chi connectivity index (χ3n) is 9.12. The Morgan fingerprint density at radius 2 is 1.06 bits per heavy atom. The molecule has 354 valence electrons. The van der Waals surface area contributed by atoms with E-state index in [4.69, 9.17) is 23.6 Å². The molecule has 0 saturated heterocycles. The van der Waals surface area contributed by atoms with Crippen LogP contribution in [0, 0.1) is 13.8 Å². The molecule has 2 N–H and O–H groups in total. The molecular formula is C44H38F6N10O8. The number of aliphatic hydroxyl groups excluding tert-OH is 2. The number of aryl methyl sites for hydroxylation is 2. The maximum Gasteiger partial charge on any atom is 0.573 e. The molecule has 24 heteroatoms. The zero-order chi connectivity index (χ0) is 48.4. The van der Waals surface area contributed by atoms with Crippen molar-refractivity contribution in [2.24, 2.45) is 0 Å². The second kappa shape index (κ2) is 21.0. The summed E-state index contributed by atoms with van der Waals surface area (Å²) in [6.07, 6.45) is -8.84. The number of aromatic nitrogens is 10. The van der Waals surface area contributed by atoms with Crippen LogP contribution in [-0.4, -0.2) is 98.7 Å². The molecule has 18 nitrogen and oxygen atoms in total. The zero-order valence-corrected chi connectivity index (χ0v) is 35.7. The highest BCUT2D eigenvalue weighted by Gasteiger charge is 2.32. The molecule has 0 aliphatic carbocycles. The number of hydrogen-bond donors (Lipinski definition) is 2. The van der Waals surface area contributed by atoms with E-state index in [1.54, 1.807) is 47.5 Å². The highest BCUT2D eigenvalue weighted by molar-refractivity contribution is 5.59. The molecule has 0 fully saturated rings. The Kier molecular flexibility index (Phi) is 14.8. The normalized spacial score (nSPS) is 12.0. The molecule has 0 amide bonds. The molecule has 1 atom stereocenters. The molecule has 0 aliphatic heterocycles. The monoisotopic (exact) mass is 948 g/mol. The quantitative estimate of drug-likeness (QED) is 0.0657. The van der Waals surface area contributed by atoms with Crippen molar-refractivity contribution in [2.45, 2.75) is 45.8 Å². The fourth-order valence-corrected chi connectivity index (χ4v) is 6.01. The van der Waals surface area contributed by atoms with E-state index in [0.717, 1.165) is 29.0 Å². The van der Waals surface area contributed by atoms with Crippen LogP contribution in [-0.2, 0) is 13.1 Å². The van der Waals surface area contributed by atoms with Gasteiger partial charge in [-0.25, -0.2) is 19.3 Å². The molecule has 8 rings (SSSR count). The first-order chi connectivity index (χ1) is 32.5. The Morgan fingerprint density at radius 3 is 1.47 bits per heavy atom. The minimum absolute atomic E-state index is 0.0377. The van der Waals surface area contributed by atoms with Crippen molar-refractivity contribution < 1.29 is 64.5 Å². The molecule has 0 radical (unpaired) electrons. The lowest BCUT2D eigenvalue weighted by Crippen LogP contribution is -2.21. The molecule has 0 aliphatic rings. The minimum atomic E-state index is -4.78. The van der Waals surface area contributed by atoms with Gasteiger partial charge < -0.3 is 38.2 Å². The average molecular weight is 949 g/mol. The van der Waals surface area contributed by atoms with Crippen LogP contribution in [0.5, 0.6) is 23.0 Å². The molecule has 4 heterocycles. The smallest absolute Gasteiger partial charge is 0.491 e. The largest absolute Gasteiger partial charge is 0.573 e. The topological polar surface area (TPSA) is 217 Å². The Labute approximate surface area is 381 Å². The summed E-state index contributed by atoms with van der Waals surface area (Å²) in [4.78, 5) is 17.2. The number of nitrogens with zero attached hydrogens (tertiary/aromatic N) is 10. The maximum atomic E-state index is 12.3. The number of halogens is 6. The van der Waals surface area contributed by atoms with Gasteiger partial charge in [0.25, 0.3) is 11.8 Å². The second-order valence-electron chi connectivity index (χ2n) is 14.3. The van der Waals surface area contributed by atoms with Crippen LogP contribution in [0.1, 0.15) is 22.8 Å². The summed E-state index contributed by atoms with van der Waals surface area (Å²) < 4.78 is 106. The van der Waals surface area contributed by atoms with Crippen LogP contribution in [0.25, 0.3) is 46.2 Å². The van der Waals surface area contributed by atoms with Gasteiger partial charge in [-0.1, -0.05) is 47.2 Å². The lowest BCUT2D eigenvalue weighted by Gasteiger charge is -2.11. The average Bonchev–Trinajstić information content (AvgIpc) is 4.13. The Bertz CT molecular complexity index is 2920. The number of aliphatic hydroxyl groups is 2. The van der Waals surface area contributed by atoms with Crippen molar-refractivity contribution in [1.82, 2.24) is 49.8 Å². The standard InChI is InChI=1S/C22H20F3N5O5.C22H18F3N5O3/c1-13-26-20(28-30(13)10-14-3-2-4-18(9-14)33-12-16(32)11-31)21-27-19(29-35-21)15-5-7-17(8-6-15)34-22(23,24)25;1-3-11-31-18-6-4-5-15(12-18)13-30-14(2)26-20(28-30)21-27-19(29-33-21)16-7-9-17(10-8-16)32-22(23,24)25/h2-9,16,31-32H,10-12H2,1H3;3-10,12H,1,11,13H2,2H3. The van der Waals surface area contributed by atoms with E-state index in [9.17, 15) is 31.4 Å². The van der Waals surface area contributed by atoms with Gasteiger partial charge in [-0.2, -0.15) is 9.97 Å². The van der Waals surface area contributed by atoms with E-state index in [2.05, 4.69) is 56.5 Å². The summed E-state index contributed by atoms with van der Waals surface area (Å²) >= 11 is 0. The van der Waals surface area contributed by atoms with Crippen molar-refractivity contribution in [3.63, 3.8) is 0 Å². The summed E-state index contributed by atoms with van der Waals surface area (Å²) in [6.45, 7) is 7.98. The zero-order valence-electron chi connectivity index (χ0n) is 35.7. The number of alkyl halides is 6. The van der Waals surface area contributed by atoms with Crippen LogP contribution in [0.2, 0.25) is 0 Å². The lowest BCUT2D eigenvalue weighted by atomic mass is 10.2. The molecule has 0 saturated carbocycles. The van der Waals surface area contributed by atoms with Crippen LogP contribution < -0.4 is 18.9 Å². The Hall–Kier alpha value is -8.12.